The number of rotatable bonds is 4. The second kappa shape index (κ2) is 8.50. The van der Waals surface area contributed by atoms with Crippen LogP contribution in [0.15, 0.2) is 114 Å². The van der Waals surface area contributed by atoms with Crippen LogP contribution in [0.1, 0.15) is 51.5 Å². The Morgan fingerprint density at radius 3 is 1.82 bits per heavy atom. The minimum absolute atomic E-state index is 0.359. The van der Waals surface area contributed by atoms with E-state index in [4.69, 9.17) is 0 Å². The van der Waals surface area contributed by atoms with Gasteiger partial charge in [-0.15, -0.1) is 0 Å². The second-order valence-corrected chi connectivity index (χ2v) is 16.5. The van der Waals surface area contributed by atoms with Gasteiger partial charge in [-0.2, -0.15) is 0 Å². The standard InChI is InChI=1S/C16H13.C10H9.C6H5.Sn/c1-12-11-14-9-5-6-10-15(14)16(12)13-7-3-2-4-8-13;1-8-6-9-4-2-3-5-10(9)7-8;1-2-4-6-5-3-1;/h2-7,9-11,16H,1H3;2-7H,1H3;1-5H;. The third-order valence-electron chi connectivity index (χ3n) is 7.23. The molecule has 0 N–H and O–H groups in total. The first kappa shape index (κ1) is 20.7. The molecule has 0 spiro atoms. The van der Waals surface area contributed by atoms with Crippen molar-refractivity contribution in [2.75, 3.05) is 0 Å². The third-order valence-corrected chi connectivity index (χ3v) is 16.7. The summed E-state index contributed by atoms with van der Waals surface area (Å²) in [6.07, 6.45) is 4.82. The monoisotopic (exact) mass is 531 g/mol. The van der Waals surface area contributed by atoms with Crippen LogP contribution in [0.4, 0.5) is 0 Å². The first-order valence-corrected chi connectivity index (χ1v) is 16.3. The molecule has 1 radical (unpaired) electrons. The quantitative estimate of drug-likeness (QED) is 0.262. The first-order chi connectivity index (χ1) is 16.2. The summed E-state index contributed by atoms with van der Waals surface area (Å²) in [6.45, 7) is 4.66. The van der Waals surface area contributed by atoms with Crippen molar-refractivity contribution in [1.82, 2.24) is 0 Å². The van der Waals surface area contributed by atoms with Crippen LogP contribution in [0.2, 0.25) is 0 Å². The Labute approximate surface area is 204 Å². The van der Waals surface area contributed by atoms with Gasteiger partial charge in [-0.25, -0.2) is 0 Å². The fourth-order valence-corrected chi connectivity index (χ4v) is 15.6. The molecule has 0 amide bonds. The van der Waals surface area contributed by atoms with E-state index in [1.807, 2.05) is 0 Å². The molecule has 0 heterocycles. The molecule has 1 heteroatoms. The Balaban J connectivity index is 1.57. The fraction of sp³-hybridized carbons (Fsp3) is 0.125. The van der Waals surface area contributed by atoms with Gasteiger partial charge in [0.1, 0.15) is 0 Å². The zero-order valence-electron chi connectivity index (χ0n) is 19.1. The molecule has 4 aromatic rings. The summed E-state index contributed by atoms with van der Waals surface area (Å²) in [5.41, 5.74) is 10.3. The molecule has 6 rings (SSSR count). The van der Waals surface area contributed by atoms with Crippen LogP contribution in [0.3, 0.4) is 0 Å². The van der Waals surface area contributed by atoms with Crippen molar-refractivity contribution in [3.05, 3.63) is 142 Å². The van der Waals surface area contributed by atoms with Gasteiger partial charge in [-0.1, -0.05) is 0 Å². The third kappa shape index (κ3) is 3.52. The van der Waals surface area contributed by atoms with Crippen molar-refractivity contribution in [1.29, 1.82) is 0 Å². The van der Waals surface area contributed by atoms with Gasteiger partial charge in [0.25, 0.3) is 0 Å². The van der Waals surface area contributed by atoms with Crippen LogP contribution in [-0.2, 0) is 0 Å². The molecule has 2 aliphatic rings. The number of hydrogen-bond acceptors (Lipinski definition) is 0. The summed E-state index contributed by atoms with van der Waals surface area (Å²) in [6, 6.07) is 38.8. The fourth-order valence-electron chi connectivity index (χ4n) is 5.84. The number of hydrogen-bond donors (Lipinski definition) is 0. The normalized spacial score (nSPS) is 18.6. The number of allylic oxidation sites excluding steroid dienone is 2. The van der Waals surface area contributed by atoms with Crippen molar-refractivity contribution in [3.63, 3.8) is 0 Å². The minimum atomic E-state index is -2.42. The van der Waals surface area contributed by atoms with Crippen molar-refractivity contribution in [2.45, 2.75) is 23.7 Å². The molecule has 159 valence electrons. The van der Waals surface area contributed by atoms with Crippen molar-refractivity contribution in [3.8, 4) is 0 Å². The van der Waals surface area contributed by atoms with Crippen LogP contribution in [0, 0.1) is 0 Å². The summed E-state index contributed by atoms with van der Waals surface area (Å²) in [4.78, 5) is 0. The van der Waals surface area contributed by atoms with Gasteiger partial charge in [0.05, 0.1) is 0 Å². The van der Waals surface area contributed by atoms with Crippen molar-refractivity contribution >= 4 is 39.1 Å². The van der Waals surface area contributed by atoms with Crippen LogP contribution in [0.25, 0.3) is 12.2 Å². The molecule has 2 unspecified atom stereocenters. The van der Waals surface area contributed by atoms with Gasteiger partial charge in [0.2, 0.25) is 0 Å². The van der Waals surface area contributed by atoms with Crippen molar-refractivity contribution in [2.24, 2.45) is 0 Å². The van der Waals surface area contributed by atoms with E-state index < -0.39 is 19.8 Å². The molecule has 2 aliphatic carbocycles. The zero-order valence-corrected chi connectivity index (χ0v) is 22.0. The topological polar surface area (TPSA) is 0 Å². The predicted octanol–water partition coefficient (Wildman–Crippen LogP) is 6.58. The maximum absolute atomic E-state index is 2.46. The van der Waals surface area contributed by atoms with E-state index in [1.54, 1.807) is 7.16 Å². The molecule has 0 aliphatic heterocycles. The Hall–Kier alpha value is -2.84. The molecule has 33 heavy (non-hydrogen) atoms. The SMILES string of the molecule is CC1=Cc2ccccc2C1c1cccc[c]1[Sn]([c]1ccccc1)[CH]1C(C)=Cc2ccccc21. The summed E-state index contributed by atoms with van der Waals surface area (Å²) >= 11 is -2.42. The van der Waals surface area contributed by atoms with Crippen LogP contribution < -0.4 is 7.16 Å². The van der Waals surface area contributed by atoms with E-state index >= 15 is 0 Å². The van der Waals surface area contributed by atoms with Crippen LogP contribution >= 0.6 is 0 Å². The van der Waals surface area contributed by atoms with Gasteiger partial charge >= 0.3 is 205 Å². The number of benzene rings is 4. The molecular formula is C32H27Sn. The van der Waals surface area contributed by atoms with Gasteiger partial charge in [-0.3, -0.25) is 0 Å². The summed E-state index contributed by atoms with van der Waals surface area (Å²) in [5, 5.41) is 0. The van der Waals surface area contributed by atoms with E-state index in [9.17, 15) is 0 Å². The molecule has 0 saturated heterocycles. The Morgan fingerprint density at radius 2 is 1.06 bits per heavy atom. The van der Waals surface area contributed by atoms with E-state index in [1.165, 1.54) is 39.0 Å². The van der Waals surface area contributed by atoms with Crippen LogP contribution in [0.5, 0.6) is 0 Å². The Kier molecular flexibility index (Phi) is 5.34. The van der Waals surface area contributed by atoms with Gasteiger partial charge in [-0.05, 0) is 0 Å². The van der Waals surface area contributed by atoms with Gasteiger partial charge in [0.15, 0.2) is 0 Å². The summed E-state index contributed by atoms with van der Waals surface area (Å²) < 4.78 is 3.75. The van der Waals surface area contributed by atoms with Gasteiger partial charge < -0.3 is 0 Å². The summed E-state index contributed by atoms with van der Waals surface area (Å²) in [5.74, 6) is 0.359. The molecule has 0 bridgehead atoms. The molecule has 0 fully saturated rings. The molecule has 4 aromatic carbocycles. The maximum atomic E-state index is 2.46. The van der Waals surface area contributed by atoms with Crippen molar-refractivity contribution < 1.29 is 0 Å². The molecular weight excluding hydrogens is 503 g/mol. The molecule has 2 atom stereocenters. The van der Waals surface area contributed by atoms with E-state index in [0.29, 0.717) is 9.85 Å². The van der Waals surface area contributed by atoms with E-state index in [2.05, 4.69) is 129 Å². The first-order valence-electron chi connectivity index (χ1n) is 11.8. The zero-order chi connectivity index (χ0) is 22.4. The predicted molar refractivity (Wildman–Crippen MR) is 143 cm³/mol. The Bertz CT molecular complexity index is 1390. The Morgan fingerprint density at radius 1 is 0.515 bits per heavy atom. The van der Waals surface area contributed by atoms with E-state index in [-0.39, 0.29) is 0 Å². The number of fused-ring (bicyclic) bond motifs is 2. The van der Waals surface area contributed by atoms with E-state index in [0.717, 1.165) is 0 Å². The molecule has 0 aromatic heterocycles. The average molecular weight is 530 g/mol. The second-order valence-electron chi connectivity index (χ2n) is 9.27. The molecule has 0 saturated carbocycles. The average Bonchev–Trinajstić information content (AvgIpc) is 3.36. The van der Waals surface area contributed by atoms with Gasteiger partial charge in [0, 0.05) is 0 Å². The summed E-state index contributed by atoms with van der Waals surface area (Å²) in [7, 11) is 0. The van der Waals surface area contributed by atoms with Crippen LogP contribution in [-0.4, -0.2) is 19.8 Å². The molecule has 0 nitrogen and oxygen atoms in total.